The molecule has 106 valence electrons. The summed E-state index contributed by atoms with van der Waals surface area (Å²) in [6.07, 6.45) is 1.39. The summed E-state index contributed by atoms with van der Waals surface area (Å²) < 4.78 is 4.83. The number of aromatic nitrogens is 4. The van der Waals surface area contributed by atoms with Crippen LogP contribution >= 0.6 is 0 Å². The van der Waals surface area contributed by atoms with Crippen LogP contribution in [0.4, 0.5) is 5.88 Å². The molecule has 0 fully saturated rings. The lowest BCUT2D eigenvalue weighted by Gasteiger charge is -2.12. The van der Waals surface area contributed by atoms with E-state index in [1.54, 1.807) is 0 Å². The Morgan fingerprint density at radius 1 is 1.60 bits per heavy atom. The average Bonchev–Trinajstić information content (AvgIpc) is 3.09. The quantitative estimate of drug-likeness (QED) is 0.593. The third-order valence-corrected chi connectivity index (χ3v) is 2.55. The van der Waals surface area contributed by atoms with Gasteiger partial charge in [-0.15, -0.1) is 10.2 Å². The first-order chi connectivity index (χ1) is 9.61. The summed E-state index contributed by atoms with van der Waals surface area (Å²) in [5.41, 5.74) is 0. The van der Waals surface area contributed by atoms with Crippen molar-refractivity contribution < 1.29 is 14.1 Å². The lowest BCUT2D eigenvalue weighted by molar-refractivity contribution is -0.402. The highest BCUT2D eigenvalue weighted by Gasteiger charge is 2.22. The van der Waals surface area contributed by atoms with Crippen molar-refractivity contribution in [1.82, 2.24) is 25.9 Å². The van der Waals surface area contributed by atoms with E-state index in [0.717, 1.165) is 12.5 Å². The maximum absolute atomic E-state index is 11.9. The maximum atomic E-state index is 11.9. The van der Waals surface area contributed by atoms with Crippen LogP contribution in [0.15, 0.2) is 16.5 Å². The minimum absolute atomic E-state index is 0.138. The Balaban J connectivity index is 2.09. The molecule has 0 saturated heterocycles. The van der Waals surface area contributed by atoms with E-state index in [1.807, 2.05) is 6.92 Å². The summed E-state index contributed by atoms with van der Waals surface area (Å²) in [5, 5.41) is 26.5. The number of carbonyl (C=O) groups is 1. The van der Waals surface area contributed by atoms with Crippen molar-refractivity contribution in [1.29, 1.82) is 0 Å². The number of nitro groups is 1. The second-order valence-electron chi connectivity index (χ2n) is 3.98. The summed E-state index contributed by atoms with van der Waals surface area (Å²) in [6, 6.07) is 1.93. The minimum atomic E-state index is -0.709. The fourth-order valence-electron chi connectivity index (χ4n) is 1.65. The number of hydrogen-bond acceptors (Lipinski definition) is 7. The average molecular weight is 280 g/mol. The Labute approximate surface area is 112 Å². The van der Waals surface area contributed by atoms with E-state index < -0.39 is 22.8 Å². The fourth-order valence-corrected chi connectivity index (χ4v) is 1.65. The van der Waals surface area contributed by atoms with E-state index >= 15 is 0 Å². The number of carbonyl (C=O) groups excluding carboxylic acids is 1. The van der Waals surface area contributed by atoms with Gasteiger partial charge in [0.1, 0.15) is 4.92 Å². The molecule has 2 aromatic rings. The minimum Gasteiger partial charge on any atom is -0.395 e. The van der Waals surface area contributed by atoms with Gasteiger partial charge in [0.15, 0.2) is 11.6 Å². The van der Waals surface area contributed by atoms with Crippen LogP contribution in [0.5, 0.6) is 0 Å². The Hall–Kier alpha value is -2.78. The van der Waals surface area contributed by atoms with Crippen LogP contribution in [0.25, 0.3) is 0 Å². The van der Waals surface area contributed by atoms with Crippen molar-refractivity contribution in [3.8, 4) is 0 Å². The third kappa shape index (κ3) is 2.96. The second-order valence-corrected chi connectivity index (χ2v) is 3.98. The first kappa shape index (κ1) is 13.6. The SMILES string of the molecule is CCCC(NC(=O)c1ccc([N+](=O)[O-])o1)c1nn[nH]n1. The van der Waals surface area contributed by atoms with E-state index in [1.165, 1.54) is 6.07 Å². The lowest BCUT2D eigenvalue weighted by Crippen LogP contribution is -2.29. The topological polar surface area (TPSA) is 140 Å². The number of amides is 1. The number of nitrogens with zero attached hydrogens (tertiary/aromatic N) is 4. The van der Waals surface area contributed by atoms with Crippen LogP contribution in [0, 0.1) is 10.1 Å². The van der Waals surface area contributed by atoms with Gasteiger partial charge in [-0.2, -0.15) is 5.21 Å². The van der Waals surface area contributed by atoms with E-state index in [-0.39, 0.29) is 5.76 Å². The van der Waals surface area contributed by atoms with E-state index in [2.05, 4.69) is 25.9 Å². The smallest absolute Gasteiger partial charge is 0.395 e. The Morgan fingerprint density at radius 2 is 2.40 bits per heavy atom. The second kappa shape index (κ2) is 5.91. The molecule has 1 amide bonds. The van der Waals surface area contributed by atoms with Gasteiger partial charge in [-0.25, -0.2) is 0 Å². The molecule has 2 aromatic heterocycles. The number of nitrogens with one attached hydrogen (secondary N) is 2. The summed E-state index contributed by atoms with van der Waals surface area (Å²) in [4.78, 5) is 21.7. The molecule has 0 bridgehead atoms. The monoisotopic (exact) mass is 280 g/mol. The molecule has 1 atom stereocenters. The largest absolute Gasteiger partial charge is 0.433 e. The summed E-state index contributed by atoms with van der Waals surface area (Å²) in [7, 11) is 0. The van der Waals surface area contributed by atoms with Gasteiger partial charge in [-0.3, -0.25) is 14.9 Å². The number of rotatable bonds is 6. The van der Waals surface area contributed by atoms with Crippen LogP contribution < -0.4 is 5.32 Å². The van der Waals surface area contributed by atoms with Crippen LogP contribution in [0.2, 0.25) is 0 Å². The summed E-state index contributed by atoms with van der Waals surface area (Å²) >= 11 is 0. The van der Waals surface area contributed by atoms with Crippen molar-refractivity contribution in [2.24, 2.45) is 0 Å². The molecule has 1 unspecified atom stereocenters. The molecule has 2 heterocycles. The third-order valence-electron chi connectivity index (χ3n) is 2.55. The van der Waals surface area contributed by atoms with Gasteiger partial charge in [0, 0.05) is 0 Å². The maximum Gasteiger partial charge on any atom is 0.433 e. The normalized spacial score (nSPS) is 12.1. The van der Waals surface area contributed by atoms with Gasteiger partial charge in [0.25, 0.3) is 5.91 Å². The molecule has 0 aromatic carbocycles. The van der Waals surface area contributed by atoms with E-state index in [9.17, 15) is 14.9 Å². The van der Waals surface area contributed by atoms with E-state index in [4.69, 9.17) is 4.42 Å². The Kier molecular flexibility index (Phi) is 4.03. The standard InChI is InChI=1S/C10H12N6O4/c1-2-3-6(9-12-14-15-13-9)11-10(17)7-4-5-8(20-7)16(18)19/h4-6H,2-3H2,1H3,(H,11,17)(H,12,13,14,15). The van der Waals surface area contributed by atoms with Crippen LogP contribution in [-0.4, -0.2) is 31.5 Å². The fraction of sp³-hybridized carbons (Fsp3) is 0.400. The Morgan fingerprint density at radius 3 is 2.95 bits per heavy atom. The van der Waals surface area contributed by atoms with Crippen molar-refractivity contribution in [3.63, 3.8) is 0 Å². The molecule has 0 aliphatic rings. The summed E-state index contributed by atoms with van der Waals surface area (Å²) in [5.74, 6) is -0.842. The van der Waals surface area contributed by atoms with Crippen molar-refractivity contribution in [3.05, 3.63) is 33.8 Å². The molecule has 2 N–H and O–H groups in total. The van der Waals surface area contributed by atoms with Crippen molar-refractivity contribution in [2.45, 2.75) is 25.8 Å². The van der Waals surface area contributed by atoms with Gasteiger partial charge in [-0.05, 0) is 12.5 Å². The van der Waals surface area contributed by atoms with Gasteiger partial charge in [0.05, 0.1) is 12.1 Å². The molecule has 2 rings (SSSR count). The highest BCUT2D eigenvalue weighted by atomic mass is 16.6. The number of hydrogen-bond donors (Lipinski definition) is 2. The van der Waals surface area contributed by atoms with Crippen molar-refractivity contribution in [2.75, 3.05) is 0 Å². The predicted molar refractivity (Wildman–Crippen MR) is 64.7 cm³/mol. The zero-order chi connectivity index (χ0) is 14.5. The number of tetrazole rings is 1. The first-order valence-electron chi connectivity index (χ1n) is 5.90. The molecule has 10 heteroatoms. The molecule has 0 saturated carbocycles. The van der Waals surface area contributed by atoms with Gasteiger partial charge < -0.3 is 9.73 Å². The molecule has 10 nitrogen and oxygen atoms in total. The Bertz CT molecular complexity index is 593. The van der Waals surface area contributed by atoms with E-state index in [0.29, 0.717) is 12.2 Å². The predicted octanol–water partition coefficient (Wildman–Crippen LogP) is 0.972. The zero-order valence-electron chi connectivity index (χ0n) is 10.6. The van der Waals surface area contributed by atoms with Gasteiger partial charge in [-0.1, -0.05) is 18.6 Å². The van der Waals surface area contributed by atoms with Crippen LogP contribution in [-0.2, 0) is 0 Å². The number of furan rings is 1. The van der Waals surface area contributed by atoms with Crippen LogP contribution in [0.1, 0.15) is 42.2 Å². The summed E-state index contributed by atoms with van der Waals surface area (Å²) in [6.45, 7) is 1.94. The molecular formula is C10H12N6O4. The molecule has 0 radical (unpaired) electrons. The lowest BCUT2D eigenvalue weighted by atomic mass is 10.1. The molecule has 0 aliphatic carbocycles. The van der Waals surface area contributed by atoms with Gasteiger partial charge in [0.2, 0.25) is 0 Å². The molecule has 20 heavy (non-hydrogen) atoms. The highest BCUT2D eigenvalue weighted by molar-refractivity contribution is 5.91. The van der Waals surface area contributed by atoms with Crippen molar-refractivity contribution >= 4 is 11.8 Å². The number of aromatic amines is 1. The van der Waals surface area contributed by atoms with Gasteiger partial charge >= 0.3 is 5.88 Å². The molecular weight excluding hydrogens is 268 g/mol. The first-order valence-corrected chi connectivity index (χ1v) is 5.90. The zero-order valence-corrected chi connectivity index (χ0v) is 10.6. The molecule has 0 aliphatic heterocycles. The highest BCUT2D eigenvalue weighted by Crippen LogP contribution is 2.18. The van der Waals surface area contributed by atoms with Crippen LogP contribution in [0.3, 0.4) is 0 Å². The number of H-pyrrole nitrogens is 1. The molecule has 0 spiro atoms.